The number of nitrogens with zero attached hydrogens (tertiary/aromatic N) is 4. The van der Waals surface area contributed by atoms with Gasteiger partial charge in [0.2, 0.25) is 5.95 Å². The Kier molecular flexibility index (Phi) is 5.67. The predicted octanol–water partition coefficient (Wildman–Crippen LogP) is 4.66. The summed E-state index contributed by atoms with van der Waals surface area (Å²) in [6.45, 7) is 4.13. The smallest absolute Gasteiger partial charge is 0.227 e. The Balaban J connectivity index is 1.40. The van der Waals surface area contributed by atoms with E-state index in [1.807, 2.05) is 43.5 Å². The Morgan fingerprint density at radius 3 is 2.88 bits per heavy atom. The summed E-state index contributed by atoms with van der Waals surface area (Å²) in [7, 11) is 2.14. The van der Waals surface area contributed by atoms with Crippen LogP contribution in [0, 0.1) is 6.92 Å². The number of rotatable bonds is 4. The first-order valence-corrected chi connectivity index (χ1v) is 11.4. The molecule has 5 rings (SSSR count). The fraction of sp³-hybridized carbons (Fsp3) is 0.304. The van der Waals surface area contributed by atoms with Gasteiger partial charge < -0.3 is 20.9 Å². The number of hydrogen-bond donors (Lipinski definition) is 3. The van der Waals surface area contributed by atoms with Gasteiger partial charge in [-0.3, -0.25) is 0 Å². The molecule has 0 amide bonds. The molecule has 164 valence electrons. The molecule has 4 heterocycles. The fourth-order valence-electron chi connectivity index (χ4n) is 4.18. The Hall–Kier alpha value is -2.81. The molecule has 3 aromatic rings. The standard InChI is InChI=1S/C23H24ClN7S/c1-13-18(5-6-20(26-13)27-16-7-8-31(2)12-16)29-23-25-11-14-9-21(32)28-19-10-15(24)3-4-17(19)22(14)30-23/h3-6,10-11,16H,7-9,12H2,1-2H3,(H,26,27)(H,28,32)(H,25,29,30). The van der Waals surface area contributed by atoms with Gasteiger partial charge in [-0.25, -0.2) is 15.0 Å². The van der Waals surface area contributed by atoms with Crippen molar-refractivity contribution in [3.05, 3.63) is 52.8 Å². The number of fused-ring (bicyclic) bond motifs is 3. The van der Waals surface area contributed by atoms with Crippen LogP contribution in [0.1, 0.15) is 17.7 Å². The van der Waals surface area contributed by atoms with Crippen LogP contribution >= 0.6 is 23.8 Å². The molecule has 1 atom stereocenters. The van der Waals surface area contributed by atoms with Crippen LogP contribution in [-0.4, -0.2) is 51.0 Å². The summed E-state index contributed by atoms with van der Waals surface area (Å²) in [5.74, 6) is 1.40. The lowest BCUT2D eigenvalue weighted by Gasteiger charge is -2.15. The number of hydrogen-bond acceptors (Lipinski definition) is 7. The maximum absolute atomic E-state index is 6.19. The summed E-state index contributed by atoms with van der Waals surface area (Å²) in [5.41, 5.74) is 5.38. The molecule has 2 aliphatic rings. The minimum atomic E-state index is 0.437. The van der Waals surface area contributed by atoms with Gasteiger partial charge in [-0.1, -0.05) is 23.8 Å². The number of likely N-dealkylation sites (tertiary alicyclic amines) is 1. The highest BCUT2D eigenvalue weighted by Crippen LogP contribution is 2.35. The van der Waals surface area contributed by atoms with Crippen molar-refractivity contribution in [2.24, 2.45) is 0 Å². The number of likely N-dealkylation sites (N-methyl/N-ethyl adjacent to an activating group) is 1. The Bertz CT molecular complexity index is 1200. The first kappa shape index (κ1) is 21.1. The van der Waals surface area contributed by atoms with Crippen molar-refractivity contribution in [2.45, 2.75) is 25.8 Å². The summed E-state index contributed by atoms with van der Waals surface area (Å²) >= 11 is 11.7. The molecule has 0 aliphatic carbocycles. The van der Waals surface area contributed by atoms with Gasteiger partial charge >= 0.3 is 0 Å². The highest BCUT2D eigenvalue weighted by Gasteiger charge is 2.21. The van der Waals surface area contributed by atoms with E-state index < -0.39 is 0 Å². The molecular weight excluding hydrogens is 442 g/mol. The van der Waals surface area contributed by atoms with Crippen LogP contribution in [0.25, 0.3) is 11.3 Å². The number of aryl methyl sites for hydroxylation is 1. The third kappa shape index (κ3) is 4.39. The molecule has 9 heteroatoms. The van der Waals surface area contributed by atoms with Gasteiger partial charge in [-0.05, 0) is 57.3 Å². The van der Waals surface area contributed by atoms with E-state index in [1.54, 1.807) is 0 Å². The quantitative estimate of drug-likeness (QED) is 0.480. The second-order valence-corrected chi connectivity index (χ2v) is 9.26. The van der Waals surface area contributed by atoms with Crippen LogP contribution in [0.5, 0.6) is 0 Å². The van der Waals surface area contributed by atoms with E-state index in [1.165, 1.54) is 0 Å². The van der Waals surface area contributed by atoms with Crippen LogP contribution in [0.15, 0.2) is 36.5 Å². The average Bonchev–Trinajstić information content (AvgIpc) is 3.09. The van der Waals surface area contributed by atoms with Crippen molar-refractivity contribution >= 4 is 51.9 Å². The summed E-state index contributed by atoms with van der Waals surface area (Å²) in [6, 6.07) is 10.1. The number of pyridine rings is 1. The van der Waals surface area contributed by atoms with E-state index in [0.717, 1.165) is 59.2 Å². The predicted molar refractivity (Wildman–Crippen MR) is 134 cm³/mol. The molecule has 1 saturated heterocycles. The maximum Gasteiger partial charge on any atom is 0.227 e. The average molecular weight is 466 g/mol. The van der Waals surface area contributed by atoms with Gasteiger partial charge in [0.05, 0.1) is 22.1 Å². The molecule has 1 unspecified atom stereocenters. The molecule has 7 nitrogen and oxygen atoms in total. The van der Waals surface area contributed by atoms with Crippen LogP contribution in [0.4, 0.5) is 23.1 Å². The molecule has 3 N–H and O–H groups in total. The van der Waals surface area contributed by atoms with Crippen LogP contribution in [-0.2, 0) is 6.42 Å². The second-order valence-electron chi connectivity index (χ2n) is 8.33. The van der Waals surface area contributed by atoms with Gasteiger partial charge in [0.25, 0.3) is 0 Å². The molecule has 0 saturated carbocycles. The lowest BCUT2D eigenvalue weighted by Crippen LogP contribution is -2.24. The van der Waals surface area contributed by atoms with Gasteiger partial charge in [0, 0.05) is 47.0 Å². The van der Waals surface area contributed by atoms with Crippen LogP contribution < -0.4 is 16.0 Å². The van der Waals surface area contributed by atoms with E-state index in [4.69, 9.17) is 33.8 Å². The van der Waals surface area contributed by atoms with Crippen molar-refractivity contribution in [2.75, 3.05) is 36.1 Å². The Morgan fingerprint density at radius 2 is 2.09 bits per heavy atom. The molecule has 0 spiro atoms. The number of benzene rings is 1. The van der Waals surface area contributed by atoms with Crippen LogP contribution in [0.2, 0.25) is 5.02 Å². The molecule has 32 heavy (non-hydrogen) atoms. The van der Waals surface area contributed by atoms with Gasteiger partial charge in [0.15, 0.2) is 0 Å². The van der Waals surface area contributed by atoms with E-state index in [9.17, 15) is 0 Å². The summed E-state index contributed by atoms with van der Waals surface area (Å²) in [6.07, 6.45) is 3.54. The topological polar surface area (TPSA) is 78.0 Å². The molecule has 1 aromatic carbocycles. The number of aromatic nitrogens is 3. The van der Waals surface area contributed by atoms with Crippen molar-refractivity contribution in [1.82, 2.24) is 19.9 Å². The Morgan fingerprint density at radius 1 is 1.22 bits per heavy atom. The summed E-state index contributed by atoms with van der Waals surface area (Å²) in [5, 5.41) is 10.8. The third-order valence-electron chi connectivity index (χ3n) is 5.80. The number of thiocarbonyl (C=S) groups is 1. The molecule has 1 fully saturated rings. The molecule has 2 aromatic heterocycles. The minimum Gasteiger partial charge on any atom is -0.366 e. The third-order valence-corrected chi connectivity index (χ3v) is 6.28. The summed E-state index contributed by atoms with van der Waals surface area (Å²) < 4.78 is 0. The normalized spacial score (nSPS) is 17.8. The lowest BCUT2D eigenvalue weighted by molar-refractivity contribution is 0.414. The van der Waals surface area contributed by atoms with Crippen molar-refractivity contribution in [3.63, 3.8) is 0 Å². The fourth-order valence-corrected chi connectivity index (χ4v) is 4.62. The van der Waals surface area contributed by atoms with E-state index in [0.29, 0.717) is 28.4 Å². The maximum atomic E-state index is 6.19. The zero-order chi connectivity index (χ0) is 22.2. The van der Waals surface area contributed by atoms with Gasteiger partial charge in [-0.2, -0.15) is 0 Å². The van der Waals surface area contributed by atoms with E-state index in [-0.39, 0.29) is 0 Å². The van der Waals surface area contributed by atoms with Crippen molar-refractivity contribution in [1.29, 1.82) is 0 Å². The van der Waals surface area contributed by atoms with E-state index >= 15 is 0 Å². The van der Waals surface area contributed by atoms with E-state index in [2.05, 4.69) is 32.9 Å². The molecule has 0 radical (unpaired) electrons. The molecule has 0 bridgehead atoms. The number of nitrogens with one attached hydrogen (secondary N) is 3. The zero-order valence-corrected chi connectivity index (χ0v) is 19.5. The Labute approximate surface area is 197 Å². The number of halogens is 1. The van der Waals surface area contributed by atoms with Gasteiger partial charge in [0.1, 0.15) is 5.82 Å². The molecular formula is C23H24ClN7S. The highest BCUT2D eigenvalue weighted by molar-refractivity contribution is 7.80. The van der Waals surface area contributed by atoms with Gasteiger partial charge in [-0.15, -0.1) is 0 Å². The number of anilines is 4. The highest BCUT2D eigenvalue weighted by atomic mass is 35.5. The van der Waals surface area contributed by atoms with Crippen molar-refractivity contribution in [3.8, 4) is 11.3 Å². The largest absolute Gasteiger partial charge is 0.366 e. The first-order chi connectivity index (χ1) is 15.4. The zero-order valence-electron chi connectivity index (χ0n) is 17.9. The van der Waals surface area contributed by atoms with Crippen molar-refractivity contribution < 1.29 is 0 Å². The SMILES string of the molecule is Cc1nc(NC2CCN(C)C2)ccc1Nc1ncc2c(n1)-c1ccc(Cl)cc1NC(=S)C2. The second kappa shape index (κ2) is 8.61. The van der Waals surface area contributed by atoms with Crippen LogP contribution in [0.3, 0.4) is 0 Å². The lowest BCUT2D eigenvalue weighted by atomic mass is 10.1. The molecule has 2 aliphatic heterocycles. The first-order valence-electron chi connectivity index (χ1n) is 10.6. The summed E-state index contributed by atoms with van der Waals surface area (Å²) in [4.78, 5) is 17.1. The monoisotopic (exact) mass is 465 g/mol. The minimum absolute atomic E-state index is 0.437.